The Morgan fingerprint density at radius 2 is 1.93 bits per heavy atom. The molecule has 0 saturated carbocycles. The molecule has 1 N–H and O–H groups in total. The van der Waals surface area contributed by atoms with Gasteiger partial charge in [0, 0.05) is 0 Å². The van der Waals surface area contributed by atoms with Crippen LogP contribution < -0.4 is 0 Å². The summed E-state index contributed by atoms with van der Waals surface area (Å²) in [5.41, 5.74) is 0. The summed E-state index contributed by atoms with van der Waals surface area (Å²) in [6.07, 6.45) is 4.65. The summed E-state index contributed by atoms with van der Waals surface area (Å²) in [5.74, 6) is -0.873. The van der Waals surface area contributed by atoms with Gasteiger partial charge in [0.05, 0.1) is 6.10 Å². The first-order valence-corrected chi connectivity index (χ1v) is 5.50. The molecule has 0 saturated heterocycles. The largest absolute Gasteiger partial charge is 0.479 e. The van der Waals surface area contributed by atoms with E-state index in [1.165, 1.54) is 0 Å². The summed E-state index contributed by atoms with van der Waals surface area (Å²) in [6, 6.07) is 0. The molecular weight excluding hydrogens is 180 g/mol. The van der Waals surface area contributed by atoms with E-state index < -0.39 is 12.1 Å². The predicted molar refractivity (Wildman–Crippen MR) is 56.4 cm³/mol. The van der Waals surface area contributed by atoms with Crippen molar-refractivity contribution in [3.8, 4) is 0 Å². The average molecular weight is 202 g/mol. The van der Waals surface area contributed by atoms with Crippen LogP contribution in [0.5, 0.6) is 0 Å². The van der Waals surface area contributed by atoms with Crippen LogP contribution in [0.25, 0.3) is 0 Å². The molecule has 0 aliphatic rings. The Balaban J connectivity index is 3.87. The second-order valence-electron chi connectivity index (χ2n) is 3.67. The molecule has 14 heavy (non-hydrogen) atoms. The van der Waals surface area contributed by atoms with Gasteiger partial charge in [0.15, 0.2) is 6.10 Å². The Labute approximate surface area is 86.5 Å². The molecule has 0 aromatic heterocycles. The van der Waals surface area contributed by atoms with Crippen LogP contribution in [0, 0.1) is 0 Å². The molecule has 2 atom stereocenters. The Morgan fingerprint density at radius 1 is 1.29 bits per heavy atom. The highest BCUT2D eigenvalue weighted by Gasteiger charge is 2.17. The van der Waals surface area contributed by atoms with Crippen LogP contribution in [-0.4, -0.2) is 23.3 Å². The van der Waals surface area contributed by atoms with Gasteiger partial charge in [0.1, 0.15) is 0 Å². The molecule has 0 spiro atoms. The molecule has 0 rings (SSSR count). The number of hydrogen-bond acceptors (Lipinski definition) is 2. The van der Waals surface area contributed by atoms with Crippen molar-refractivity contribution < 1.29 is 14.6 Å². The lowest BCUT2D eigenvalue weighted by Crippen LogP contribution is -2.26. The Kier molecular flexibility index (Phi) is 7.48. The van der Waals surface area contributed by atoms with E-state index in [4.69, 9.17) is 9.84 Å². The molecular formula is C11H22O3. The zero-order valence-corrected chi connectivity index (χ0v) is 9.45. The van der Waals surface area contributed by atoms with Gasteiger partial charge >= 0.3 is 5.97 Å². The van der Waals surface area contributed by atoms with E-state index in [0.29, 0.717) is 0 Å². The summed E-state index contributed by atoms with van der Waals surface area (Å²) in [7, 11) is 0. The number of hydrogen-bond donors (Lipinski definition) is 1. The van der Waals surface area contributed by atoms with Gasteiger partial charge in [0.2, 0.25) is 0 Å². The van der Waals surface area contributed by atoms with E-state index in [-0.39, 0.29) is 6.10 Å². The monoisotopic (exact) mass is 202 g/mol. The minimum absolute atomic E-state index is 0.117. The Morgan fingerprint density at radius 3 is 2.36 bits per heavy atom. The average Bonchev–Trinajstić information content (AvgIpc) is 2.14. The third-order valence-electron chi connectivity index (χ3n) is 2.23. The van der Waals surface area contributed by atoms with Crippen molar-refractivity contribution in [2.24, 2.45) is 0 Å². The second-order valence-corrected chi connectivity index (χ2v) is 3.67. The van der Waals surface area contributed by atoms with E-state index >= 15 is 0 Å². The summed E-state index contributed by atoms with van der Waals surface area (Å²) in [4.78, 5) is 10.6. The van der Waals surface area contributed by atoms with Gasteiger partial charge in [-0.3, -0.25) is 0 Å². The molecule has 3 heteroatoms. The standard InChI is InChI=1S/C11H22O3/c1-4-6-8-10(7-5-2)14-9(3)11(12)13/h9-10H,4-8H2,1-3H3,(H,12,13). The van der Waals surface area contributed by atoms with Gasteiger partial charge in [-0.1, -0.05) is 33.1 Å². The number of carboxylic acid groups (broad SMARTS) is 1. The van der Waals surface area contributed by atoms with Crippen LogP contribution in [0.4, 0.5) is 0 Å². The first-order chi connectivity index (χ1) is 6.61. The van der Waals surface area contributed by atoms with Crippen molar-refractivity contribution in [3.05, 3.63) is 0 Å². The topological polar surface area (TPSA) is 46.5 Å². The maximum Gasteiger partial charge on any atom is 0.332 e. The van der Waals surface area contributed by atoms with Crippen molar-refractivity contribution in [3.63, 3.8) is 0 Å². The lowest BCUT2D eigenvalue weighted by molar-refractivity contribution is -0.153. The van der Waals surface area contributed by atoms with Crippen LogP contribution >= 0.6 is 0 Å². The van der Waals surface area contributed by atoms with Crippen LogP contribution in [0.1, 0.15) is 52.9 Å². The molecule has 84 valence electrons. The first-order valence-electron chi connectivity index (χ1n) is 5.50. The molecule has 0 aliphatic heterocycles. The van der Waals surface area contributed by atoms with Crippen molar-refractivity contribution in [1.82, 2.24) is 0 Å². The summed E-state index contributed by atoms with van der Waals surface area (Å²) >= 11 is 0. The maximum atomic E-state index is 10.6. The lowest BCUT2D eigenvalue weighted by Gasteiger charge is -2.19. The van der Waals surface area contributed by atoms with E-state index in [1.807, 2.05) is 0 Å². The third kappa shape index (κ3) is 5.97. The fourth-order valence-electron chi connectivity index (χ4n) is 1.38. The van der Waals surface area contributed by atoms with Crippen LogP contribution in [0.15, 0.2) is 0 Å². The summed E-state index contributed by atoms with van der Waals surface area (Å²) < 4.78 is 5.45. The molecule has 0 aromatic rings. The van der Waals surface area contributed by atoms with Gasteiger partial charge in [-0.2, -0.15) is 0 Å². The zero-order valence-electron chi connectivity index (χ0n) is 9.45. The molecule has 0 aromatic carbocycles. The maximum absolute atomic E-state index is 10.6. The summed E-state index contributed by atoms with van der Waals surface area (Å²) in [6.45, 7) is 5.81. The number of carbonyl (C=O) groups is 1. The van der Waals surface area contributed by atoms with Gasteiger partial charge < -0.3 is 9.84 Å². The highest BCUT2D eigenvalue weighted by molar-refractivity contribution is 5.71. The highest BCUT2D eigenvalue weighted by atomic mass is 16.5. The SMILES string of the molecule is CCCCC(CCC)OC(C)C(=O)O. The fourth-order valence-corrected chi connectivity index (χ4v) is 1.38. The van der Waals surface area contributed by atoms with Crippen LogP contribution in [-0.2, 0) is 9.53 Å². The molecule has 2 unspecified atom stereocenters. The third-order valence-corrected chi connectivity index (χ3v) is 2.23. The molecule has 0 amide bonds. The molecule has 0 fully saturated rings. The van der Waals surface area contributed by atoms with Gasteiger partial charge in [-0.05, 0) is 19.8 Å². The van der Waals surface area contributed by atoms with Gasteiger partial charge in [-0.15, -0.1) is 0 Å². The molecule has 0 heterocycles. The number of ether oxygens (including phenoxy) is 1. The van der Waals surface area contributed by atoms with Crippen molar-refractivity contribution in [2.75, 3.05) is 0 Å². The number of unbranched alkanes of at least 4 members (excludes halogenated alkanes) is 1. The second kappa shape index (κ2) is 7.80. The van der Waals surface area contributed by atoms with E-state index in [9.17, 15) is 4.79 Å². The van der Waals surface area contributed by atoms with Crippen LogP contribution in [0.3, 0.4) is 0 Å². The first kappa shape index (κ1) is 13.4. The molecule has 0 radical (unpaired) electrons. The lowest BCUT2D eigenvalue weighted by atomic mass is 10.1. The fraction of sp³-hybridized carbons (Fsp3) is 0.909. The predicted octanol–water partition coefficient (Wildman–Crippen LogP) is 2.84. The molecule has 0 aliphatic carbocycles. The zero-order chi connectivity index (χ0) is 11.0. The van der Waals surface area contributed by atoms with E-state index in [2.05, 4.69) is 13.8 Å². The smallest absolute Gasteiger partial charge is 0.332 e. The van der Waals surface area contributed by atoms with Gasteiger partial charge in [0.25, 0.3) is 0 Å². The minimum atomic E-state index is -0.873. The van der Waals surface area contributed by atoms with E-state index in [0.717, 1.165) is 32.1 Å². The van der Waals surface area contributed by atoms with Crippen molar-refractivity contribution in [1.29, 1.82) is 0 Å². The molecule has 0 bridgehead atoms. The van der Waals surface area contributed by atoms with Crippen molar-refractivity contribution >= 4 is 5.97 Å². The minimum Gasteiger partial charge on any atom is -0.479 e. The van der Waals surface area contributed by atoms with Gasteiger partial charge in [-0.25, -0.2) is 4.79 Å². The Hall–Kier alpha value is -0.570. The number of aliphatic carboxylic acids is 1. The summed E-state index contributed by atoms with van der Waals surface area (Å²) in [5, 5.41) is 8.70. The Bertz CT molecular complexity index is 157. The van der Waals surface area contributed by atoms with E-state index in [1.54, 1.807) is 6.92 Å². The number of rotatable bonds is 8. The number of carboxylic acids is 1. The molecule has 3 nitrogen and oxygen atoms in total. The van der Waals surface area contributed by atoms with Crippen LogP contribution in [0.2, 0.25) is 0 Å². The quantitative estimate of drug-likeness (QED) is 0.658. The normalized spacial score (nSPS) is 15.1. The van der Waals surface area contributed by atoms with Crippen molar-refractivity contribution in [2.45, 2.75) is 65.1 Å². The highest BCUT2D eigenvalue weighted by Crippen LogP contribution is 2.13.